The fourth-order valence-electron chi connectivity index (χ4n) is 2.92. The van der Waals surface area contributed by atoms with E-state index in [0.29, 0.717) is 25.3 Å². The van der Waals surface area contributed by atoms with Crippen molar-refractivity contribution in [2.45, 2.75) is 19.5 Å². The van der Waals surface area contributed by atoms with Gasteiger partial charge in [-0.25, -0.2) is 14.8 Å². The van der Waals surface area contributed by atoms with Gasteiger partial charge in [-0.1, -0.05) is 12.1 Å². The summed E-state index contributed by atoms with van der Waals surface area (Å²) in [7, 11) is 1.84. The minimum Gasteiger partial charge on any atom is -0.478 e. The monoisotopic (exact) mass is 342 g/mol. The van der Waals surface area contributed by atoms with E-state index in [1.54, 1.807) is 12.1 Å². The van der Waals surface area contributed by atoms with Gasteiger partial charge in [0.25, 0.3) is 0 Å². The largest absolute Gasteiger partial charge is 0.478 e. The Labute approximate surface area is 146 Å². The van der Waals surface area contributed by atoms with Crippen LogP contribution in [0.4, 0.5) is 5.82 Å². The quantitative estimate of drug-likeness (QED) is 0.860. The first-order valence-corrected chi connectivity index (χ1v) is 8.24. The predicted molar refractivity (Wildman–Crippen MR) is 93.7 cm³/mol. The smallest absolute Gasteiger partial charge is 0.335 e. The molecule has 2 heterocycles. The van der Waals surface area contributed by atoms with Crippen molar-refractivity contribution in [2.75, 3.05) is 32.1 Å². The SMILES string of the molecule is CNc1cc(C)nc([C@H]2COCCN2Cc2ccc(C(=O)O)cc2)n1. The molecule has 0 amide bonds. The van der Waals surface area contributed by atoms with Crippen LogP contribution in [0, 0.1) is 6.92 Å². The second kappa shape index (κ2) is 7.58. The van der Waals surface area contributed by atoms with Gasteiger partial charge in [0.15, 0.2) is 0 Å². The lowest BCUT2D eigenvalue weighted by atomic mass is 10.1. The first-order chi connectivity index (χ1) is 12.1. The molecule has 0 bridgehead atoms. The van der Waals surface area contributed by atoms with Crippen molar-refractivity contribution in [3.63, 3.8) is 0 Å². The number of aryl methyl sites for hydroxylation is 1. The molecule has 0 spiro atoms. The number of hydrogen-bond donors (Lipinski definition) is 2. The number of carboxylic acids is 1. The van der Waals surface area contributed by atoms with Gasteiger partial charge < -0.3 is 15.2 Å². The molecular formula is C18H22N4O3. The third-order valence-electron chi connectivity index (χ3n) is 4.25. The number of carboxylic acid groups (broad SMARTS) is 1. The third kappa shape index (κ3) is 4.12. The lowest BCUT2D eigenvalue weighted by Gasteiger charge is -2.34. The highest BCUT2D eigenvalue weighted by atomic mass is 16.5. The summed E-state index contributed by atoms with van der Waals surface area (Å²) in [6, 6.07) is 8.85. The van der Waals surface area contributed by atoms with E-state index in [9.17, 15) is 4.79 Å². The fourth-order valence-corrected chi connectivity index (χ4v) is 2.92. The number of nitrogens with one attached hydrogen (secondary N) is 1. The summed E-state index contributed by atoms with van der Waals surface area (Å²) in [5.74, 6) is 0.619. The van der Waals surface area contributed by atoms with Crippen molar-refractivity contribution in [2.24, 2.45) is 0 Å². The summed E-state index contributed by atoms with van der Waals surface area (Å²) >= 11 is 0. The minimum atomic E-state index is -0.913. The summed E-state index contributed by atoms with van der Waals surface area (Å²) in [6.07, 6.45) is 0. The van der Waals surface area contributed by atoms with Gasteiger partial charge in [0.05, 0.1) is 24.8 Å². The normalized spacial score (nSPS) is 18.1. The topological polar surface area (TPSA) is 87.6 Å². The summed E-state index contributed by atoms with van der Waals surface area (Å²) in [4.78, 5) is 22.4. The standard InChI is InChI=1S/C18H22N4O3/c1-12-9-16(19-2)21-17(20-12)15-11-25-8-7-22(15)10-13-3-5-14(6-4-13)18(23)24/h3-6,9,15H,7-8,10-11H2,1-2H3,(H,23,24)(H,19,20,21)/t15-/m1/s1. The second-order valence-electron chi connectivity index (χ2n) is 6.07. The third-order valence-corrected chi connectivity index (χ3v) is 4.25. The fraction of sp³-hybridized carbons (Fsp3) is 0.389. The Hall–Kier alpha value is -2.51. The molecule has 1 saturated heterocycles. The van der Waals surface area contributed by atoms with Gasteiger partial charge in [-0.15, -0.1) is 0 Å². The molecule has 7 nitrogen and oxygen atoms in total. The number of rotatable bonds is 5. The molecule has 1 aliphatic rings. The molecule has 1 fully saturated rings. The lowest BCUT2D eigenvalue weighted by molar-refractivity contribution is -0.0159. The molecule has 0 unspecified atom stereocenters. The van der Waals surface area contributed by atoms with Crippen LogP contribution in [0.2, 0.25) is 0 Å². The number of hydrogen-bond acceptors (Lipinski definition) is 6. The van der Waals surface area contributed by atoms with Crippen molar-refractivity contribution >= 4 is 11.8 Å². The van der Waals surface area contributed by atoms with E-state index >= 15 is 0 Å². The minimum absolute atomic E-state index is 0.0279. The van der Waals surface area contributed by atoms with E-state index in [4.69, 9.17) is 9.84 Å². The molecular weight excluding hydrogens is 320 g/mol. The number of morpholine rings is 1. The lowest BCUT2D eigenvalue weighted by Crippen LogP contribution is -2.40. The summed E-state index contributed by atoms with van der Waals surface area (Å²) < 4.78 is 5.65. The molecule has 0 saturated carbocycles. The van der Waals surface area contributed by atoms with E-state index in [-0.39, 0.29) is 6.04 Å². The number of aromatic carboxylic acids is 1. The van der Waals surface area contributed by atoms with Crippen LogP contribution in [-0.2, 0) is 11.3 Å². The number of ether oxygens (including phenoxy) is 1. The first-order valence-electron chi connectivity index (χ1n) is 8.24. The molecule has 0 aliphatic carbocycles. The van der Waals surface area contributed by atoms with Crippen LogP contribution in [0.3, 0.4) is 0 Å². The van der Waals surface area contributed by atoms with Crippen LogP contribution in [0.25, 0.3) is 0 Å². The van der Waals surface area contributed by atoms with Gasteiger partial charge in [0, 0.05) is 31.9 Å². The molecule has 1 aliphatic heterocycles. The zero-order valence-corrected chi connectivity index (χ0v) is 14.4. The van der Waals surface area contributed by atoms with Crippen LogP contribution >= 0.6 is 0 Å². The summed E-state index contributed by atoms with van der Waals surface area (Å²) in [5.41, 5.74) is 2.26. The second-order valence-corrected chi connectivity index (χ2v) is 6.07. The highest BCUT2D eigenvalue weighted by Crippen LogP contribution is 2.25. The molecule has 0 radical (unpaired) electrons. The predicted octanol–water partition coefficient (Wildman–Crippen LogP) is 2.10. The number of nitrogens with zero attached hydrogens (tertiary/aromatic N) is 3. The average Bonchev–Trinajstić information content (AvgIpc) is 2.62. The van der Waals surface area contributed by atoms with E-state index in [1.165, 1.54) is 0 Å². The summed E-state index contributed by atoms with van der Waals surface area (Å²) in [5, 5.41) is 12.1. The van der Waals surface area contributed by atoms with Crippen LogP contribution in [0.5, 0.6) is 0 Å². The maximum absolute atomic E-state index is 11.0. The Morgan fingerprint density at radius 2 is 2.12 bits per heavy atom. The van der Waals surface area contributed by atoms with Crippen molar-refractivity contribution in [1.29, 1.82) is 0 Å². The molecule has 132 valence electrons. The highest BCUT2D eigenvalue weighted by Gasteiger charge is 2.27. The number of carbonyl (C=O) groups is 1. The highest BCUT2D eigenvalue weighted by molar-refractivity contribution is 5.87. The number of aromatic nitrogens is 2. The molecule has 25 heavy (non-hydrogen) atoms. The number of anilines is 1. The first kappa shape index (κ1) is 17.3. The Bertz CT molecular complexity index is 748. The van der Waals surface area contributed by atoms with E-state index in [1.807, 2.05) is 32.2 Å². The van der Waals surface area contributed by atoms with Gasteiger partial charge in [-0.2, -0.15) is 0 Å². The molecule has 1 aromatic carbocycles. The Morgan fingerprint density at radius 1 is 1.36 bits per heavy atom. The average molecular weight is 342 g/mol. The Balaban J connectivity index is 1.81. The zero-order chi connectivity index (χ0) is 17.8. The molecule has 2 aromatic rings. The van der Waals surface area contributed by atoms with Crippen LogP contribution in [0.15, 0.2) is 30.3 Å². The molecule has 2 N–H and O–H groups in total. The van der Waals surface area contributed by atoms with Gasteiger partial charge in [-0.05, 0) is 24.6 Å². The zero-order valence-electron chi connectivity index (χ0n) is 14.4. The van der Waals surface area contributed by atoms with Crippen LogP contribution < -0.4 is 5.32 Å². The van der Waals surface area contributed by atoms with Gasteiger partial charge in [0.2, 0.25) is 0 Å². The molecule has 7 heteroatoms. The van der Waals surface area contributed by atoms with Gasteiger partial charge in [0.1, 0.15) is 11.6 Å². The van der Waals surface area contributed by atoms with Crippen molar-refractivity contribution in [1.82, 2.24) is 14.9 Å². The van der Waals surface area contributed by atoms with Crippen LogP contribution in [-0.4, -0.2) is 52.7 Å². The maximum Gasteiger partial charge on any atom is 0.335 e. The Morgan fingerprint density at radius 3 is 2.80 bits per heavy atom. The van der Waals surface area contributed by atoms with Crippen molar-refractivity contribution in [3.8, 4) is 0 Å². The van der Waals surface area contributed by atoms with Crippen LogP contribution in [0.1, 0.15) is 33.5 Å². The summed E-state index contributed by atoms with van der Waals surface area (Å²) in [6.45, 7) is 4.62. The van der Waals surface area contributed by atoms with Gasteiger partial charge >= 0.3 is 5.97 Å². The van der Waals surface area contributed by atoms with E-state index in [2.05, 4.69) is 20.2 Å². The van der Waals surface area contributed by atoms with Gasteiger partial charge in [-0.3, -0.25) is 4.90 Å². The number of benzene rings is 1. The molecule has 3 rings (SSSR count). The Kier molecular flexibility index (Phi) is 5.25. The maximum atomic E-state index is 11.0. The van der Waals surface area contributed by atoms with E-state index in [0.717, 1.165) is 29.4 Å². The molecule has 1 atom stereocenters. The molecule has 1 aromatic heterocycles. The van der Waals surface area contributed by atoms with E-state index < -0.39 is 5.97 Å². The van der Waals surface area contributed by atoms with Crippen molar-refractivity contribution in [3.05, 3.63) is 53.0 Å². The van der Waals surface area contributed by atoms with Crippen molar-refractivity contribution < 1.29 is 14.6 Å².